The molecule has 2 aromatic carbocycles. The number of nitrogens with one attached hydrogen (secondary N) is 1. The van der Waals surface area contributed by atoms with Gasteiger partial charge in [0.25, 0.3) is 0 Å². The number of carbonyl (C=O) groups excluding carboxylic acids is 2. The van der Waals surface area contributed by atoms with Crippen LogP contribution >= 0.6 is 0 Å². The summed E-state index contributed by atoms with van der Waals surface area (Å²) in [4.78, 5) is 28.5. The van der Waals surface area contributed by atoms with Crippen molar-refractivity contribution < 1.29 is 18.0 Å². The van der Waals surface area contributed by atoms with E-state index in [4.69, 9.17) is 0 Å². The lowest BCUT2D eigenvalue weighted by Gasteiger charge is -2.33. The van der Waals surface area contributed by atoms with Gasteiger partial charge in [-0.1, -0.05) is 76.6 Å². The highest BCUT2D eigenvalue weighted by atomic mass is 32.2. The molecule has 2 rings (SSSR count). The van der Waals surface area contributed by atoms with Crippen molar-refractivity contribution in [2.45, 2.75) is 85.4 Å². The monoisotopic (exact) mass is 529 g/mol. The van der Waals surface area contributed by atoms with Gasteiger partial charge in [0.1, 0.15) is 12.6 Å². The van der Waals surface area contributed by atoms with Crippen molar-refractivity contribution in [1.82, 2.24) is 10.2 Å². The summed E-state index contributed by atoms with van der Waals surface area (Å²) >= 11 is 0. The molecule has 204 valence electrons. The molecule has 37 heavy (non-hydrogen) atoms. The highest BCUT2D eigenvalue weighted by Gasteiger charge is 2.32. The maximum absolute atomic E-state index is 13.8. The van der Waals surface area contributed by atoms with E-state index in [1.54, 1.807) is 12.1 Å². The van der Waals surface area contributed by atoms with Crippen LogP contribution in [0, 0.1) is 6.92 Å². The van der Waals surface area contributed by atoms with E-state index in [1.807, 2.05) is 64.1 Å². The quantitative estimate of drug-likeness (QED) is 0.454. The summed E-state index contributed by atoms with van der Waals surface area (Å²) in [5, 5.41) is 2.98. The molecule has 0 heterocycles. The fourth-order valence-corrected chi connectivity index (χ4v) is 4.96. The number of rotatable bonds is 11. The molecule has 1 N–H and O–H groups in total. The Morgan fingerprint density at radius 3 is 2.11 bits per heavy atom. The van der Waals surface area contributed by atoms with Crippen molar-refractivity contribution in [3.8, 4) is 0 Å². The fraction of sp³-hybridized carbons (Fsp3) is 0.517. The third-order valence-electron chi connectivity index (χ3n) is 6.52. The summed E-state index contributed by atoms with van der Waals surface area (Å²) in [5.41, 5.74) is 3.30. The van der Waals surface area contributed by atoms with Gasteiger partial charge in [-0.3, -0.25) is 13.9 Å². The summed E-state index contributed by atoms with van der Waals surface area (Å²) in [6.07, 6.45) is 2.26. The Morgan fingerprint density at radius 1 is 1.00 bits per heavy atom. The zero-order valence-corrected chi connectivity index (χ0v) is 24.4. The third kappa shape index (κ3) is 8.59. The van der Waals surface area contributed by atoms with Crippen molar-refractivity contribution >= 4 is 27.5 Å². The molecule has 0 fully saturated rings. The predicted octanol–water partition coefficient (Wildman–Crippen LogP) is 4.78. The second kappa shape index (κ2) is 12.6. The average Bonchev–Trinajstić information content (AvgIpc) is 2.81. The minimum atomic E-state index is -3.76. The minimum absolute atomic E-state index is 0.0358. The number of amides is 2. The third-order valence-corrected chi connectivity index (χ3v) is 7.66. The molecule has 0 aliphatic heterocycles. The zero-order valence-electron chi connectivity index (χ0n) is 23.5. The standard InChI is InChI=1S/C29H43N3O4S/c1-9-22(4)30-28(34)26(10-2)31(19-23-13-11-12-21(3)18-23)27(33)20-32(37(8,35)36)25-16-14-24(15-17-25)29(5,6)7/h11-18,22,26H,9-10,19-20H2,1-8H3,(H,30,34)/t22-,26+/m0/s1. The van der Waals surface area contributed by atoms with Gasteiger partial charge in [-0.25, -0.2) is 8.42 Å². The second-order valence-electron chi connectivity index (χ2n) is 10.8. The molecule has 0 saturated heterocycles. The molecule has 0 unspecified atom stereocenters. The molecule has 0 spiro atoms. The van der Waals surface area contributed by atoms with Gasteiger partial charge in [-0.15, -0.1) is 0 Å². The molecular formula is C29H43N3O4S. The van der Waals surface area contributed by atoms with Gasteiger partial charge in [0.05, 0.1) is 11.9 Å². The Kier molecular flexibility index (Phi) is 10.3. The summed E-state index contributed by atoms with van der Waals surface area (Å²) in [6, 6.07) is 14.2. The number of sulfonamides is 1. The zero-order chi connectivity index (χ0) is 28.0. The molecule has 0 bridgehead atoms. The second-order valence-corrected chi connectivity index (χ2v) is 12.7. The van der Waals surface area contributed by atoms with Gasteiger partial charge in [-0.05, 0) is 55.4 Å². The Balaban J connectivity index is 2.45. The van der Waals surface area contributed by atoms with E-state index < -0.39 is 28.5 Å². The maximum Gasteiger partial charge on any atom is 0.244 e. The molecule has 2 atom stereocenters. The van der Waals surface area contributed by atoms with E-state index in [0.717, 1.165) is 33.7 Å². The van der Waals surface area contributed by atoms with Crippen molar-refractivity contribution in [1.29, 1.82) is 0 Å². The molecule has 0 radical (unpaired) electrons. The van der Waals surface area contributed by atoms with Crippen LogP contribution in [0.5, 0.6) is 0 Å². The van der Waals surface area contributed by atoms with Crippen LogP contribution in [0.25, 0.3) is 0 Å². The first-order valence-electron chi connectivity index (χ1n) is 12.9. The smallest absolute Gasteiger partial charge is 0.244 e. The average molecular weight is 530 g/mol. The Hall–Kier alpha value is -2.87. The summed E-state index contributed by atoms with van der Waals surface area (Å²) in [5.74, 6) is -0.670. The predicted molar refractivity (Wildman–Crippen MR) is 151 cm³/mol. The van der Waals surface area contributed by atoms with E-state index in [-0.39, 0.29) is 23.9 Å². The largest absolute Gasteiger partial charge is 0.352 e. The molecular weight excluding hydrogens is 486 g/mol. The molecule has 0 aromatic heterocycles. The highest BCUT2D eigenvalue weighted by molar-refractivity contribution is 7.92. The molecule has 2 aromatic rings. The summed E-state index contributed by atoms with van der Waals surface area (Å²) < 4.78 is 26.7. The van der Waals surface area contributed by atoms with Crippen molar-refractivity contribution in [2.24, 2.45) is 0 Å². The first-order valence-corrected chi connectivity index (χ1v) is 14.8. The molecule has 2 amide bonds. The van der Waals surface area contributed by atoms with Gasteiger partial charge >= 0.3 is 0 Å². The number of benzene rings is 2. The van der Waals surface area contributed by atoms with Gasteiger partial charge in [-0.2, -0.15) is 0 Å². The molecule has 0 aliphatic rings. The number of carbonyl (C=O) groups is 2. The van der Waals surface area contributed by atoms with Gasteiger partial charge in [0.15, 0.2) is 0 Å². The van der Waals surface area contributed by atoms with Crippen molar-refractivity contribution in [3.63, 3.8) is 0 Å². The summed E-state index contributed by atoms with van der Waals surface area (Å²) in [6.45, 7) is 13.8. The SMILES string of the molecule is CC[C@H](C(=O)N[C@@H](C)CC)N(Cc1cccc(C)c1)C(=O)CN(c1ccc(C(C)(C)C)cc1)S(C)(=O)=O. The van der Waals surface area contributed by atoms with Crippen molar-refractivity contribution in [2.75, 3.05) is 17.1 Å². The van der Waals surface area contributed by atoms with E-state index >= 15 is 0 Å². The van der Waals surface area contributed by atoms with Crippen molar-refractivity contribution in [3.05, 3.63) is 65.2 Å². The minimum Gasteiger partial charge on any atom is -0.352 e. The molecule has 0 saturated carbocycles. The normalized spacial score (nSPS) is 13.5. The lowest BCUT2D eigenvalue weighted by Crippen LogP contribution is -2.53. The topological polar surface area (TPSA) is 86.8 Å². The van der Waals surface area contributed by atoms with Gasteiger partial charge < -0.3 is 10.2 Å². The molecule has 8 heteroatoms. The van der Waals surface area contributed by atoms with Crippen LogP contribution in [0.1, 0.15) is 71.1 Å². The van der Waals surface area contributed by atoms with Crippen LogP contribution in [0.2, 0.25) is 0 Å². The first kappa shape index (κ1) is 30.4. The lowest BCUT2D eigenvalue weighted by molar-refractivity contribution is -0.140. The number of hydrogen-bond donors (Lipinski definition) is 1. The van der Waals surface area contributed by atoms with Crippen LogP contribution in [-0.2, 0) is 31.6 Å². The van der Waals surface area contributed by atoms with Crippen LogP contribution in [0.3, 0.4) is 0 Å². The Bertz CT molecular complexity index is 1170. The number of aryl methyl sites for hydroxylation is 1. The van der Waals surface area contributed by atoms with Gasteiger partial charge in [0, 0.05) is 12.6 Å². The van der Waals surface area contributed by atoms with Gasteiger partial charge in [0.2, 0.25) is 21.8 Å². The lowest BCUT2D eigenvalue weighted by atomic mass is 9.87. The Morgan fingerprint density at radius 2 is 1.62 bits per heavy atom. The molecule has 7 nitrogen and oxygen atoms in total. The van der Waals surface area contributed by atoms with Crippen LogP contribution in [-0.4, -0.2) is 50.0 Å². The summed E-state index contributed by atoms with van der Waals surface area (Å²) in [7, 11) is -3.76. The Labute approximate surface area is 223 Å². The fourth-order valence-electron chi connectivity index (χ4n) is 4.11. The number of hydrogen-bond acceptors (Lipinski definition) is 4. The van der Waals surface area contributed by atoms with Crippen LogP contribution in [0.15, 0.2) is 48.5 Å². The molecule has 0 aliphatic carbocycles. The first-order chi connectivity index (χ1) is 17.2. The number of nitrogens with zero attached hydrogens (tertiary/aromatic N) is 2. The van der Waals surface area contributed by atoms with Crippen LogP contribution < -0.4 is 9.62 Å². The number of anilines is 1. The van der Waals surface area contributed by atoms with E-state index in [1.165, 1.54) is 4.90 Å². The van der Waals surface area contributed by atoms with E-state index in [2.05, 4.69) is 26.1 Å². The van der Waals surface area contributed by atoms with Crippen LogP contribution in [0.4, 0.5) is 5.69 Å². The van der Waals surface area contributed by atoms with E-state index in [9.17, 15) is 18.0 Å². The van der Waals surface area contributed by atoms with E-state index in [0.29, 0.717) is 12.1 Å². The maximum atomic E-state index is 13.8. The highest BCUT2D eigenvalue weighted by Crippen LogP contribution is 2.26.